The number of hydrogen-bond acceptors (Lipinski definition) is 4. The summed E-state index contributed by atoms with van der Waals surface area (Å²) < 4.78 is 28.7. The van der Waals surface area contributed by atoms with E-state index >= 15 is 0 Å². The second-order valence-corrected chi connectivity index (χ2v) is 6.51. The molecule has 2 rings (SSSR count). The van der Waals surface area contributed by atoms with E-state index < -0.39 is 10.0 Å². The number of rotatable bonds is 7. The highest BCUT2D eigenvalue weighted by Crippen LogP contribution is 2.16. The lowest BCUT2D eigenvalue weighted by molar-refractivity contribution is 0.522. The van der Waals surface area contributed by atoms with Crippen molar-refractivity contribution in [2.75, 3.05) is 19.6 Å². The smallest absolute Gasteiger partial charge is 0.259 e. The van der Waals surface area contributed by atoms with Gasteiger partial charge in [0.25, 0.3) is 10.0 Å². The average Bonchev–Trinajstić information content (AvgIpc) is 2.83. The predicted molar refractivity (Wildman–Crippen MR) is 73.5 cm³/mol. The Morgan fingerprint density at radius 1 is 1.32 bits per heavy atom. The largest absolute Gasteiger partial charge is 0.333 e. The lowest BCUT2D eigenvalue weighted by atomic mass is 10.2. The summed E-state index contributed by atoms with van der Waals surface area (Å²) in [6.45, 7) is 4.88. The van der Waals surface area contributed by atoms with E-state index in [-0.39, 0.29) is 5.03 Å². The Labute approximate surface area is 114 Å². The van der Waals surface area contributed by atoms with E-state index in [4.69, 9.17) is 0 Å². The predicted octanol–water partition coefficient (Wildman–Crippen LogP) is 0.497. The molecule has 0 saturated carbocycles. The van der Waals surface area contributed by atoms with Crippen LogP contribution in [-0.2, 0) is 23.0 Å². The number of imidazole rings is 1. The van der Waals surface area contributed by atoms with E-state index in [9.17, 15) is 8.42 Å². The van der Waals surface area contributed by atoms with Crippen LogP contribution in [0.5, 0.6) is 0 Å². The minimum absolute atomic E-state index is 0.153. The van der Waals surface area contributed by atoms with Crippen LogP contribution in [0.25, 0.3) is 0 Å². The first-order valence-electron chi connectivity index (χ1n) is 6.90. The molecule has 108 valence electrons. The summed E-state index contributed by atoms with van der Waals surface area (Å²) in [7, 11) is -3.46. The fourth-order valence-electron chi connectivity index (χ4n) is 2.17. The molecular formula is C12H22N4O2S. The number of nitrogens with zero attached hydrogens (tertiary/aromatic N) is 2. The lowest BCUT2D eigenvalue weighted by Crippen LogP contribution is -2.32. The van der Waals surface area contributed by atoms with Gasteiger partial charge in [-0.2, -0.15) is 0 Å². The quantitative estimate of drug-likeness (QED) is 0.716. The van der Waals surface area contributed by atoms with Crippen molar-refractivity contribution in [3.05, 3.63) is 12.0 Å². The minimum atomic E-state index is -3.46. The van der Waals surface area contributed by atoms with E-state index in [1.54, 1.807) is 6.20 Å². The van der Waals surface area contributed by atoms with Crippen molar-refractivity contribution in [3.8, 4) is 0 Å². The monoisotopic (exact) mass is 286 g/mol. The van der Waals surface area contributed by atoms with Crippen LogP contribution in [0, 0.1) is 0 Å². The molecule has 0 aliphatic carbocycles. The second-order valence-electron chi connectivity index (χ2n) is 4.79. The van der Waals surface area contributed by atoms with E-state index in [0.717, 1.165) is 44.6 Å². The van der Waals surface area contributed by atoms with Gasteiger partial charge in [0, 0.05) is 32.3 Å². The van der Waals surface area contributed by atoms with E-state index in [1.807, 2.05) is 4.57 Å². The zero-order valence-electron chi connectivity index (χ0n) is 11.4. The van der Waals surface area contributed by atoms with Crippen LogP contribution in [0.15, 0.2) is 11.2 Å². The summed E-state index contributed by atoms with van der Waals surface area (Å²) >= 11 is 0. The first-order valence-corrected chi connectivity index (χ1v) is 8.38. The maximum Gasteiger partial charge on any atom is 0.259 e. The van der Waals surface area contributed by atoms with Gasteiger partial charge in [-0.15, -0.1) is 0 Å². The molecule has 2 heterocycles. The first-order chi connectivity index (χ1) is 9.13. The average molecular weight is 286 g/mol. The summed E-state index contributed by atoms with van der Waals surface area (Å²) in [5, 5.41) is 3.31. The van der Waals surface area contributed by atoms with Gasteiger partial charge in [-0.25, -0.2) is 18.1 Å². The summed E-state index contributed by atoms with van der Waals surface area (Å²) in [5.74, 6) is 0.885. The molecule has 0 saturated heterocycles. The summed E-state index contributed by atoms with van der Waals surface area (Å²) in [4.78, 5) is 4.23. The van der Waals surface area contributed by atoms with Crippen LogP contribution < -0.4 is 10.0 Å². The zero-order chi connectivity index (χ0) is 13.7. The number of nitrogens with one attached hydrogen (secondary N) is 2. The number of aryl methyl sites for hydroxylation is 2. The molecule has 0 unspecified atom stereocenters. The highest BCUT2D eigenvalue weighted by molar-refractivity contribution is 7.89. The number of fused-ring (bicyclic) bond motifs is 1. The fraction of sp³-hybridized carbons (Fsp3) is 0.750. The molecule has 0 atom stereocenters. The van der Waals surface area contributed by atoms with Crippen molar-refractivity contribution < 1.29 is 8.42 Å². The van der Waals surface area contributed by atoms with Crippen LogP contribution in [0.2, 0.25) is 0 Å². The van der Waals surface area contributed by atoms with E-state index in [2.05, 4.69) is 21.9 Å². The third-order valence-electron chi connectivity index (χ3n) is 3.18. The number of aromatic nitrogens is 2. The van der Waals surface area contributed by atoms with E-state index in [1.165, 1.54) is 0 Å². The molecule has 2 N–H and O–H groups in total. The van der Waals surface area contributed by atoms with Crippen LogP contribution in [0.4, 0.5) is 0 Å². The van der Waals surface area contributed by atoms with Crippen LogP contribution in [0.1, 0.15) is 32.0 Å². The molecule has 0 aromatic carbocycles. The first kappa shape index (κ1) is 14.5. The van der Waals surface area contributed by atoms with Crippen LogP contribution >= 0.6 is 0 Å². The molecule has 1 aliphatic heterocycles. The molecule has 0 bridgehead atoms. The van der Waals surface area contributed by atoms with Crippen molar-refractivity contribution in [3.63, 3.8) is 0 Å². The van der Waals surface area contributed by atoms with Crippen molar-refractivity contribution in [2.45, 2.75) is 44.2 Å². The highest BCUT2D eigenvalue weighted by atomic mass is 32.2. The zero-order valence-corrected chi connectivity index (χ0v) is 12.2. The molecular weight excluding hydrogens is 264 g/mol. The summed E-state index contributed by atoms with van der Waals surface area (Å²) in [5.41, 5.74) is 0. The number of hydrogen-bond donors (Lipinski definition) is 2. The molecule has 19 heavy (non-hydrogen) atoms. The van der Waals surface area contributed by atoms with Crippen molar-refractivity contribution in [1.82, 2.24) is 19.6 Å². The minimum Gasteiger partial charge on any atom is -0.333 e. The maximum atomic E-state index is 12.1. The molecule has 0 spiro atoms. The topological polar surface area (TPSA) is 76.0 Å². The Bertz CT molecular complexity index is 486. The molecule has 6 nitrogen and oxygen atoms in total. The van der Waals surface area contributed by atoms with Gasteiger partial charge in [0.15, 0.2) is 5.03 Å². The highest BCUT2D eigenvalue weighted by Gasteiger charge is 2.21. The fourth-order valence-corrected chi connectivity index (χ4v) is 3.18. The van der Waals surface area contributed by atoms with Gasteiger partial charge < -0.3 is 9.88 Å². The molecule has 0 amide bonds. The van der Waals surface area contributed by atoms with Gasteiger partial charge in [0.1, 0.15) is 5.82 Å². The summed E-state index contributed by atoms with van der Waals surface area (Å²) in [6, 6.07) is 0. The Morgan fingerprint density at radius 3 is 2.89 bits per heavy atom. The van der Waals surface area contributed by atoms with E-state index in [0.29, 0.717) is 13.1 Å². The van der Waals surface area contributed by atoms with Crippen LogP contribution in [-0.4, -0.2) is 37.6 Å². The van der Waals surface area contributed by atoms with Gasteiger partial charge >= 0.3 is 0 Å². The molecule has 1 aromatic rings. The molecule has 1 aromatic heterocycles. The van der Waals surface area contributed by atoms with Gasteiger partial charge in [-0.05, 0) is 25.8 Å². The Kier molecular flexibility index (Phi) is 4.95. The van der Waals surface area contributed by atoms with Gasteiger partial charge in [0.05, 0.1) is 0 Å². The summed E-state index contributed by atoms with van der Waals surface area (Å²) in [6.07, 6.45) is 5.74. The second kappa shape index (κ2) is 6.49. The van der Waals surface area contributed by atoms with Gasteiger partial charge in [0.2, 0.25) is 0 Å². The molecule has 7 heteroatoms. The van der Waals surface area contributed by atoms with Crippen LogP contribution in [0.3, 0.4) is 0 Å². The van der Waals surface area contributed by atoms with Gasteiger partial charge in [-0.3, -0.25) is 0 Å². The third-order valence-corrected chi connectivity index (χ3v) is 4.51. The third kappa shape index (κ3) is 3.77. The Morgan fingerprint density at radius 2 is 2.16 bits per heavy atom. The van der Waals surface area contributed by atoms with Crippen molar-refractivity contribution in [1.29, 1.82) is 0 Å². The number of sulfonamides is 1. The SMILES string of the molecule is CCCNCCNS(=O)(=O)c1cn2c(n1)CCCC2. The molecule has 0 radical (unpaired) electrons. The van der Waals surface area contributed by atoms with Crippen molar-refractivity contribution >= 4 is 10.0 Å². The lowest BCUT2D eigenvalue weighted by Gasteiger charge is -2.11. The molecule has 0 fully saturated rings. The normalized spacial score (nSPS) is 15.4. The van der Waals surface area contributed by atoms with Gasteiger partial charge in [-0.1, -0.05) is 6.92 Å². The Balaban J connectivity index is 1.93. The standard InChI is InChI=1S/C12H22N4O2S/c1-2-6-13-7-8-14-19(17,18)12-10-16-9-4-3-5-11(16)15-12/h10,13-14H,2-9H2,1H3. The van der Waals surface area contributed by atoms with Crippen molar-refractivity contribution in [2.24, 2.45) is 0 Å². The maximum absolute atomic E-state index is 12.1. The Hall–Kier alpha value is -0.920. The molecule has 1 aliphatic rings.